The predicted octanol–water partition coefficient (Wildman–Crippen LogP) is 1.96. The van der Waals surface area contributed by atoms with Crippen molar-refractivity contribution in [3.8, 4) is 0 Å². The number of aliphatic hydroxyl groups excluding tert-OH is 1. The summed E-state index contributed by atoms with van der Waals surface area (Å²) >= 11 is 0. The molecule has 1 aliphatic rings. The van der Waals surface area contributed by atoms with Gasteiger partial charge in [-0.25, -0.2) is 5.43 Å². The fourth-order valence-electron chi connectivity index (χ4n) is 2.41. The quantitative estimate of drug-likeness (QED) is 0.749. The second-order valence-corrected chi connectivity index (χ2v) is 5.22. The standard InChI is InChI=1S/C14H22N2O/c1-9(2)11-4-6-12(7-5-11)14-13(8-17)10(3)15-16-14/h4-7,9-10,13-17H,8H2,1-3H3. The maximum absolute atomic E-state index is 9.43. The molecule has 1 aromatic rings. The van der Waals surface area contributed by atoms with Crippen molar-refractivity contribution in [2.75, 3.05) is 6.61 Å². The second kappa shape index (κ2) is 5.17. The van der Waals surface area contributed by atoms with Gasteiger partial charge >= 0.3 is 0 Å². The highest BCUT2D eigenvalue weighted by Crippen LogP contribution is 2.29. The Morgan fingerprint density at radius 1 is 1.18 bits per heavy atom. The van der Waals surface area contributed by atoms with Crippen LogP contribution >= 0.6 is 0 Å². The minimum atomic E-state index is 0.205. The van der Waals surface area contributed by atoms with Gasteiger partial charge in [-0.15, -0.1) is 0 Å². The van der Waals surface area contributed by atoms with Crippen molar-refractivity contribution in [3.63, 3.8) is 0 Å². The Hall–Kier alpha value is -0.900. The van der Waals surface area contributed by atoms with E-state index in [9.17, 15) is 5.11 Å². The molecule has 3 unspecified atom stereocenters. The number of hydrogen-bond acceptors (Lipinski definition) is 3. The molecule has 2 rings (SSSR count). The van der Waals surface area contributed by atoms with Crippen LogP contribution in [0.3, 0.4) is 0 Å². The summed E-state index contributed by atoms with van der Waals surface area (Å²) in [6.07, 6.45) is 0. The van der Waals surface area contributed by atoms with E-state index >= 15 is 0 Å². The third-order valence-electron chi connectivity index (χ3n) is 3.71. The highest BCUT2D eigenvalue weighted by atomic mass is 16.3. The fraction of sp³-hybridized carbons (Fsp3) is 0.571. The number of hydrazine groups is 1. The molecule has 3 N–H and O–H groups in total. The van der Waals surface area contributed by atoms with E-state index in [1.54, 1.807) is 0 Å². The van der Waals surface area contributed by atoms with E-state index in [4.69, 9.17) is 0 Å². The molecule has 0 amide bonds. The smallest absolute Gasteiger partial charge is 0.0527 e. The largest absolute Gasteiger partial charge is 0.396 e. The van der Waals surface area contributed by atoms with Crippen LogP contribution in [0.2, 0.25) is 0 Å². The second-order valence-electron chi connectivity index (χ2n) is 5.22. The summed E-state index contributed by atoms with van der Waals surface area (Å²) in [4.78, 5) is 0. The highest BCUT2D eigenvalue weighted by Gasteiger charge is 2.33. The summed E-state index contributed by atoms with van der Waals surface area (Å²) in [5.74, 6) is 0.797. The molecule has 0 radical (unpaired) electrons. The molecule has 94 valence electrons. The zero-order valence-corrected chi connectivity index (χ0v) is 10.8. The molecular formula is C14H22N2O. The van der Waals surface area contributed by atoms with E-state index in [0.717, 1.165) is 0 Å². The van der Waals surface area contributed by atoms with Gasteiger partial charge < -0.3 is 5.11 Å². The van der Waals surface area contributed by atoms with E-state index in [1.807, 2.05) is 0 Å². The van der Waals surface area contributed by atoms with Crippen molar-refractivity contribution in [1.82, 2.24) is 10.9 Å². The van der Waals surface area contributed by atoms with Crippen LogP contribution in [0.1, 0.15) is 43.9 Å². The summed E-state index contributed by atoms with van der Waals surface area (Å²) in [5.41, 5.74) is 9.05. The van der Waals surface area contributed by atoms with E-state index in [2.05, 4.69) is 55.9 Å². The molecule has 0 bridgehead atoms. The number of nitrogens with one attached hydrogen (secondary N) is 2. The summed E-state index contributed by atoms with van der Waals surface area (Å²) < 4.78 is 0. The van der Waals surface area contributed by atoms with E-state index < -0.39 is 0 Å². The molecular weight excluding hydrogens is 212 g/mol. The summed E-state index contributed by atoms with van der Waals surface area (Å²) in [5, 5.41) is 9.43. The lowest BCUT2D eigenvalue weighted by Crippen LogP contribution is -2.29. The van der Waals surface area contributed by atoms with E-state index in [0.29, 0.717) is 12.0 Å². The van der Waals surface area contributed by atoms with Crippen LogP contribution in [0, 0.1) is 5.92 Å². The van der Waals surface area contributed by atoms with Crippen LogP contribution in [0.15, 0.2) is 24.3 Å². The maximum Gasteiger partial charge on any atom is 0.0527 e. The van der Waals surface area contributed by atoms with Crippen LogP contribution in [0.5, 0.6) is 0 Å². The van der Waals surface area contributed by atoms with Crippen LogP contribution in [0.4, 0.5) is 0 Å². The van der Waals surface area contributed by atoms with Crippen molar-refractivity contribution >= 4 is 0 Å². The Balaban J connectivity index is 2.17. The normalized spacial score (nSPS) is 28.9. The summed E-state index contributed by atoms with van der Waals surface area (Å²) in [6.45, 7) is 6.69. The molecule has 0 spiro atoms. The van der Waals surface area contributed by atoms with Crippen LogP contribution < -0.4 is 10.9 Å². The van der Waals surface area contributed by atoms with Gasteiger partial charge in [0.05, 0.1) is 6.04 Å². The number of benzene rings is 1. The Morgan fingerprint density at radius 2 is 1.82 bits per heavy atom. The van der Waals surface area contributed by atoms with Crippen LogP contribution in [-0.2, 0) is 0 Å². The van der Waals surface area contributed by atoms with E-state index in [1.165, 1.54) is 11.1 Å². The van der Waals surface area contributed by atoms with Gasteiger partial charge in [-0.05, 0) is 24.0 Å². The molecule has 1 aliphatic heterocycles. The maximum atomic E-state index is 9.43. The van der Waals surface area contributed by atoms with Gasteiger partial charge in [0.1, 0.15) is 0 Å². The number of aliphatic hydroxyl groups is 1. The zero-order chi connectivity index (χ0) is 12.4. The molecule has 0 aliphatic carbocycles. The van der Waals surface area contributed by atoms with Gasteiger partial charge in [0, 0.05) is 18.6 Å². The van der Waals surface area contributed by atoms with Crippen molar-refractivity contribution < 1.29 is 5.11 Å². The number of hydrogen-bond donors (Lipinski definition) is 3. The lowest BCUT2D eigenvalue weighted by Gasteiger charge is -2.19. The minimum absolute atomic E-state index is 0.205. The van der Waals surface area contributed by atoms with Crippen molar-refractivity contribution in [2.45, 2.75) is 38.8 Å². The highest BCUT2D eigenvalue weighted by molar-refractivity contribution is 5.28. The molecule has 1 heterocycles. The Labute approximate surface area is 103 Å². The Kier molecular flexibility index (Phi) is 3.82. The van der Waals surface area contributed by atoms with Crippen molar-refractivity contribution in [1.29, 1.82) is 0 Å². The topological polar surface area (TPSA) is 44.3 Å². The number of rotatable bonds is 3. The predicted molar refractivity (Wildman–Crippen MR) is 69.6 cm³/mol. The molecule has 17 heavy (non-hydrogen) atoms. The van der Waals surface area contributed by atoms with Gasteiger partial charge in [0.2, 0.25) is 0 Å². The van der Waals surface area contributed by atoms with E-state index in [-0.39, 0.29) is 18.6 Å². The first-order valence-electron chi connectivity index (χ1n) is 6.35. The van der Waals surface area contributed by atoms with Gasteiger partial charge in [-0.3, -0.25) is 5.43 Å². The molecule has 1 aromatic carbocycles. The third-order valence-corrected chi connectivity index (χ3v) is 3.71. The lowest BCUT2D eigenvalue weighted by atomic mass is 9.90. The molecule has 0 aromatic heterocycles. The molecule has 3 nitrogen and oxygen atoms in total. The van der Waals surface area contributed by atoms with Crippen molar-refractivity contribution in [2.24, 2.45) is 5.92 Å². The summed E-state index contributed by atoms with van der Waals surface area (Å²) in [7, 11) is 0. The average molecular weight is 234 g/mol. The first kappa shape index (κ1) is 12.6. The Bertz CT molecular complexity index is 361. The fourth-order valence-corrected chi connectivity index (χ4v) is 2.41. The SMILES string of the molecule is CC(C)c1ccc(C2NNC(C)C2CO)cc1. The molecule has 3 atom stereocenters. The van der Waals surface area contributed by atoms with Gasteiger partial charge in [-0.1, -0.05) is 38.1 Å². The van der Waals surface area contributed by atoms with Gasteiger partial charge in [0.15, 0.2) is 0 Å². The first-order chi connectivity index (χ1) is 8.13. The molecule has 3 heteroatoms. The van der Waals surface area contributed by atoms with Crippen molar-refractivity contribution in [3.05, 3.63) is 35.4 Å². The van der Waals surface area contributed by atoms with Gasteiger partial charge in [0.25, 0.3) is 0 Å². The molecule has 0 saturated carbocycles. The lowest BCUT2D eigenvalue weighted by molar-refractivity contribution is 0.204. The minimum Gasteiger partial charge on any atom is -0.396 e. The average Bonchev–Trinajstić information content (AvgIpc) is 2.70. The monoisotopic (exact) mass is 234 g/mol. The first-order valence-corrected chi connectivity index (χ1v) is 6.35. The van der Waals surface area contributed by atoms with Gasteiger partial charge in [-0.2, -0.15) is 0 Å². The third kappa shape index (κ3) is 2.51. The molecule has 1 fully saturated rings. The zero-order valence-electron chi connectivity index (χ0n) is 10.8. The van der Waals surface area contributed by atoms with Crippen LogP contribution in [0.25, 0.3) is 0 Å². The summed E-state index contributed by atoms with van der Waals surface area (Å²) in [6, 6.07) is 9.19. The van der Waals surface area contributed by atoms with Crippen LogP contribution in [-0.4, -0.2) is 17.8 Å². The molecule has 1 saturated heterocycles. The Morgan fingerprint density at radius 3 is 2.35 bits per heavy atom.